The van der Waals surface area contributed by atoms with E-state index in [-0.39, 0.29) is 0 Å². The molecule has 0 aliphatic heterocycles. The molecule has 0 saturated heterocycles. The number of hydrogen-bond donors (Lipinski definition) is 0. The summed E-state index contributed by atoms with van der Waals surface area (Å²) in [6, 6.07) is 96.8. The molecule has 66 heavy (non-hydrogen) atoms. The Balaban J connectivity index is 0.898. The van der Waals surface area contributed by atoms with Gasteiger partial charge in [-0.05, 0) is 122 Å². The van der Waals surface area contributed by atoms with Gasteiger partial charge in [0.25, 0.3) is 0 Å². The number of para-hydroxylation sites is 3. The Kier molecular flexibility index (Phi) is 9.89. The number of hydrogen-bond acceptors (Lipinski definition) is 1. The van der Waals surface area contributed by atoms with Crippen molar-refractivity contribution in [2.45, 2.75) is 0 Å². The predicted molar refractivity (Wildman–Crippen MR) is 280 cm³/mol. The van der Waals surface area contributed by atoms with E-state index < -0.39 is 0 Å². The Morgan fingerprint density at radius 3 is 1.36 bits per heavy atom. The molecule has 0 radical (unpaired) electrons. The fraction of sp³-hybridized carbons (Fsp3) is 0. The minimum absolute atomic E-state index is 1.09. The second-order valence-corrected chi connectivity index (χ2v) is 16.9. The summed E-state index contributed by atoms with van der Waals surface area (Å²) >= 11 is 0. The van der Waals surface area contributed by atoms with Crippen molar-refractivity contribution in [2.24, 2.45) is 0 Å². The summed E-state index contributed by atoms with van der Waals surface area (Å²) in [6.07, 6.45) is 0. The van der Waals surface area contributed by atoms with E-state index in [1.807, 2.05) is 0 Å². The lowest BCUT2D eigenvalue weighted by Crippen LogP contribution is -2.10. The van der Waals surface area contributed by atoms with Crippen molar-refractivity contribution in [3.63, 3.8) is 0 Å². The van der Waals surface area contributed by atoms with Crippen molar-refractivity contribution in [1.29, 1.82) is 0 Å². The molecule has 1 heterocycles. The molecule has 0 spiro atoms. The molecule has 11 aromatic carbocycles. The number of rotatable bonds is 9. The average Bonchev–Trinajstić information content (AvgIpc) is 3.74. The van der Waals surface area contributed by atoms with Crippen LogP contribution in [0.15, 0.2) is 267 Å². The van der Waals surface area contributed by atoms with E-state index in [9.17, 15) is 0 Å². The molecule has 12 rings (SSSR count). The highest BCUT2D eigenvalue weighted by Crippen LogP contribution is 2.41. The van der Waals surface area contributed by atoms with E-state index in [1.165, 1.54) is 93.9 Å². The molecule has 0 atom stereocenters. The van der Waals surface area contributed by atoms with Gasteiger partial charge < -0.3 is 9.47 Å². The molecule has 0 fully saturated rings. The Morgan fingerprint density at radius 1 is 0.242 bits per heavy atom. The molecule has 0 aliphatic rings. The van der Waals surface area contributed by atoms with Crippen molar-refractivity contribution in [1.82, 2.24) is 4.57 Å². The largest absolute Gasteiger partial charge is 0.310 e. The third-order valence-electron chi connectivity index (χ3n) is 13.0. The Labute approximate surface area is 385 Å². The SMILES string of the molecule is c1ccc(-c2cccc(-c3cccc(N(c4ccc(-c5ccc(-c6ccccc6-n6c7ccccc7c7ccccc76)cc5)cc4)c4ccc(-c5cccc6ccccc56)cc4)c3)c2)cc1. The molecule has 1 aromatic heterocycles. The molecule has 310 valence electrons. The Bertz CT molecular complexity index is 3620. The number of aromatic nitrogens is 1. The van der Waals surface area contributed by atoms with E-state index in [0.29, 0.717) is 0 Å². The van der Waals surface area contributed by atoms with E-state index >= 15 is 0 Å². The highest BCUT2D eigenvalue weighted by molar-refractivity contribution is 6.09. The van der Waals surface area contributed by atoms with Gasteiger partial charge in [0.15, 0.2) is 0 Å². The van der Waals surface area contributed by atoms with Crippen molar-refractivity contribution in [3.05, 3.63) is 267 Å². The summed E-state index contributed by atoms with van der Waals surface area (Å²) < 4.78 is 2.41. The zero-order valence-corrected chi connectivity index (χ0v) is 36.3. The second kappa shape index (κ2) is 16.8. The first-order valence-corrected chi connectivity index (χ1v) is 22.7. The summed E-state index contributed by atoms with van der Waals surface area (Å²) in [6.45, 7) is 0. The number of anilines is 3. The molecule has 0 unspecified atom stereocenters. The smallest absolute Gasteiger partial charge is 0.0541 e. The molecule has 0 aliphatic carbocycles. The molecule has 0 bridgehead atoms. The van der Waals surface area contributed by atoms with Crippen molar-refractivity contribution < 1.29 is 0 Å². The normalized spacial score (nSPS) is 11.3. The Hall–Kier alpha value is -8.72. The topological polar surface area (TPSA) is 8.17 Å². The highest BCUT2D eigenvalue weighted by atomic mass is 15.1. The van der Waals surface area contributed by atoms with E-state index in [0.717, 1.165) is 17.1 Å². The quantitative estimate of drug-likeness (QED) is 0.141. The van der Waals surface area contributed by atoms with Crippen LogP contribution in [-0.2, 0) is 0 Å². The second-order valence-electron chi connectivity index (χ2n) is 16.9. The van der Waals surface area contributed by atoms with E-state index in [4.69, 9.17) is 0 Å². The Morgan fingerprint density at radius 2 is 0.667 bits per heavy atom. The predicted octanol–water partition coefficient (Wildman–Crippen LogP) is 17.7. The zero-order valence-electron chi connectivity index (χ0n) is 36.3. The lowest BCUT2D eigenvalue weighted by molar-refractivity contribution is 1.18. The number of nitrogens with zero attached hydrogens (tertiary/aromatic N) is 2. The maximum Gasteiger partial charge on any atom is 0.0541 e. The van der Waals surface area contributed by atoms with Crippen LogP contribution in [0.2, 0.25) is 0 Å². The average molecular weight is 841 g/mol. The molecule has 12 aromatic rings. The summed E-state index contributed by atoms with van der Waals surface area (Å²) in [7, 11) is 0. The van der Waals surface area contributed by atoms with E-state index in [1.54, 1.807) is 0 Å². The fourth-order valence-corrected chi connectivity index (χ4v) is 9.79. The van der Waals surface area contributed by atoms with Gasteiger partial charge in [-0.2, -0.15) is 0 Å². The van der Waals surface area contributed by atoms with Gasteiger partial charge in [0.2, 0.25) is 0 Å². The molecule has 0 N–H and O–H groups in total. The van der Waals surface area contributed by atoms with Crippen molar-refractivity contribution >= 4 is 49.6 Å². The van der Waals surface area contributed by atoms with Crippen molar-refractivity contribution in [3.8, 4) is 61.3 Å². The summed E-state index contributed by atoms with van der Waals surface area (Å²) in [5, 5.41) is 5.03. The summed E-state index contributed by atoms with van der Waals surface area (Å²) in [5.74, 6) is 0. The third-order valence-corrected chi connectivity index (χ3v) is 13.0. The fourth-order valence-electron chi connectivity index (χ4n) is 9.79. The zero-order chi connectivity index (χ0) is 43.8. The van der Waals surface area contributed by atoms with E-state index in [2.05, 4.69) is 276 Å². The molecule has 2 heteroatoms. The summed E-state index contributed by atoms with van der Waals surface area (Å²) in [5.41, 5.74) is 18.8. The lowest BCUT2D eigenvalue weighted by Gasteiger charge is -2.26. The van der Waals surface area contributed by atoms with Crippen molar-refractivity contribution in [2.75, 3.05) is 4.90 Å². The molecular weight excluding hydrogens is 797 g/mol. The third kappa shape index (κ3) is 7.12. The van der Waals surface area contributed by atoms with Crippen LogP contribution in [0.5, 0.6) is 0 Å². The minimum atomic E-state index is 1.09. The highest BCUT2D eigenvalue weighted by Gasteiger charge is 2.17. The lowest BCUT2D eigenvalue weighted by atomic mass is 9.97. The van der Waals surface area contributed by atoms with Gasteiger partial charge in [0.05, 0.1) is 16.7 Å². The van der Waals surface area contributed by atoms with Gasteiger partial charge in [0.1, 0.15) is 0 Å². The molecule has 2 nitrogen and oxygen atoms in total. The van der Waals surface area contributed by atoms with Crippen LogP contribution in [0.1, 0.15) is 0 Å². The maximum atomic E-state index is 2.41. The van der Waals surface area contributed by atoms with Gasteiger partial charge in [-0.15, -0.1) is 0 Å². The monoisotopic (exact) mass is 840 g/mol. The van der Waals surface area contributed by atoms with Gasteiger partial charge in [-0.3, -0.25) is 0 Å². The van der Waals surface area contributed by atoms with Crippen LogP contribution in [0.3, 0.4) is 0 Å². The van der Waals surface area contributed by atoms with Gasteiger partial charge in [0, 0.05) is 33.4 Å². The maximum absolute atomic E-state index is 2.41. The van der Waals surface area contributed by atoms with Gasteiger partial charge >= 0.3 is 0 Å². The first kappa shape index (κ1) is 38.9. The number of fused-ring (bicyclic) bond motifs is 4. The molecular formula is C64H44N2. The van der Waals surface area contributed by atoms with Crippen LogP contribution in [0.25, 0.3) is 93.9 Å². The van der Waals surface area contributed by atoms with Crippen LogP contribution in [0.4, 0.5) is 17.1 Å². The van der Waals surface area contributed by atoms with Gasteiger partial charge in [-0.1, -0.05) is 206 Å². The first-order chi connectivity index (χ1) is 32.7. The molecule has 0 saturated carbocycles. The van der Waals surface area contributed by atoms with Gasteiger partial charge in [-0.25, -0.2) is 0 Å². The first-order valence-electron chi connectivity index (χ1n) is 22.7. The van der Waals surface area contributed by atoms with Crippen LogP contribution < -0.4 is 4.90 Å². The minimum Gasteiger partial charge on any atom is -0.310 e. The van der Waals surface area contributed by atoms with Crippen LogP contribution in [-0.4, -0.2) is 4.57 Å². The summed E-state index contributed by atoms with van der Waals surface area (Å²) in [4.78, 5) is 2.37. The van der Waals surface area contributed by atoms with Crippen LogP contribution in [0, 0.1) is 0 Å². The molecule has 0 amide bonds. The standard InChI is InChI=1S/C64H44N2/c1-2-15-45(16-3-1)51-19-12-20-52(43-51)53-21-13-22-56(44-53)65(55-41-37-49(38-42-55)58-27-14-18-48-17-4-5-23-57(48)58)54-39-35-47(36-40-54)46-31-33-50(34-32-46)59-24-6-9-28-62(59)66-63-29-10-7-25-60(63)61-26-8-11-30-64(61)66/h1-44H. The van der Waals surface area contributed by atoms with Crippen LogP contribution >= 0.6 is 0 Å². The number of benzene rings is 11.